The lowest BCUT2D eigenvalue weighted by atomic mass is 9.91. The number of phenols is 1. The fourth-order valence-corrected chi connectivity index (χ4v) is 10.2. The highest BCUT2D eigenvalue weighted by molar-refractivity contribution is 5.98. The smallest absolute Gasteiger partial charge is 0.248 e. The zero-order valence-electron chi connectivity index (χ0n) is 45.0. The number of hydrogen-bond acceptors (Lipinski definition) is 18. The molecule has 7 amide bonds. The van der Waals surface area contributed by atoms with Crippen molar-refractivity contribution in [2.24, 2.45) is 23.3 Å². The van der Waals surface area contributed by atoms with Crippen LogP contribution < -0.4 is 43.4 Å². The van der Waals surface area contributed by atoms with Crippen LogP contribution in [0.15, 0.2) is 24.3 Å². The zero-order valence-corrected chi connectivity index (χ0v) is 45.0. The number of nitrogens with zero attached hydrogens (tertiary/aromatic N) is 2. The van der Waals surface area contributed by atoms with Crippen LogP contribution in [0.5, 0.6) is 5.75 Å². The summed E-state index contributed by atoms with van der Waals surface area (Å²) in [5.41, 5.74) is 11.5. The summed E-state index contributed by atoms with van der Waals surface area (Å²) < 4.78 is 0. The molecule has 436 valence electrons. The topological polar surface area (TPSA) is 412 Å². The number of unbranched alkanes of at least 4 members (excludes halogenated alkanes) is 5. The van der Waals surface area contributed by atoms with E-state index in [0.29, 0.717) is 24.7 Å². The first-order valence-electron chi connectivity index (χ1n) is 27.3. The average Bonchev–Trinajstić information content (AvgIpc) is 3.99. The van der Waals surface area contributed by atoms with Crippen molar-refractivity contribution in [1.82, 2.24) is 41.7 Å². The molecule has 3 fully saturated rings. The Kier molecular flexibility index (Phi) is 26.4. The molecule has 3 heterocycles. The Labute approximate surface area is 450 Å². The van der Waals surface area contributed by atoms with Gasteiger partial charge in [0.25, 0.3) is 0 Å². The molecule has 25 nitrogen and oxygen atoms in total. The van der Waals surface area contributed by atoms with E-state index in [0.717, 1.165) is 55.2 Å². The summed E-state index contributed by atoms with van der Waals surface area (Å²) in [7, 11) is 0. The van der Waals surface area contributed by atoms with Crippen LogP contribution in [0.25, 0.3) is 0 Å². The van der Waals surface area contributed by atoms with E-state index >= 15 is 0 Å². The number of aliphatic hydroxyl groups excluding tert-OH is 7. The summed E-state index contributed by atoms with van der Waals surface area (Å²) >= 11 is 0. The highest BCUT2D eigenvalue weighted by Crippen LogP contribution is 2.27. The minimum Gasteiger partial charge on any atom is -0.508 e. The molecule has 3 aliphatic heterocycles. The van der Waals surface area contributed by atoms with Crippen molar-refractivity contribution in [1.29, 1.82) is 0 Å². The molecule has 25 heteroatoms. The van der Waals surface area contributed by atoms with E-state index in [1.165, 1.54) is 30.7 Å². The van der Waals surface area contributed by atoms with Gasteiger partial charge in [0.05, 0.1) is 30.5 Å². The maximum absolute atomic E-state index is 14.6. The number of nitrogens with two attached hydrogens (primary N) is 2. The molecule has 1 aromatic carbocycles. The van der Waals surface area contributed by atoms with Crippen LogP contribution in [-0.4, -0.2) is 204 Å². The minimum absolute atomic E-state index is 0.0257. The first-order chi connectivity index (χ1) is 36.5. The van der Waals surface area contributed by atoms with Crippen LogP contribution in [0.1, 0.15) is 129 Å². The Hall–Kier alpha value is -5.09. The van der Waals surface area contributed by atoms with Gasteiger partial charge in [0.1, 0.15) is 60.4 Å². The van der Waals surface area contributed by atoms with Crippen molar-refractivity contribution in [3.63, 3.8) is 0 Å². The molecule has 0 bridgehead atoms. The lowest BCUT2D eigenvalue weighted by Gasteiger charge is -2.35. The molecular formula is C52H88N10O15. The molecule has 16 atom stereocenters. The quantitative estimate of drug-likeness (QED) is 0.0477. The third-order valence-corrected chi connectivity index (χ3v) is 14.9. The van der Waals surface area contributed by atoms with Crippen LogP contribution in [0.4, 0.5) is 0 Å². The Bertz CT molecular complexity index is 2070. The standard InChI is InChI=1S/C52H88N10O15/c1-5-28(2)24-29(3)12-10-8-6-7-9-11-13-39(69)56-34-26-38(68)46(55-22-21-54)60-50(75)43-37(67)19-23-61(43)52(77)41(36(66)18-20-53)58-49(74)42(45(71)44(70)31-14-16-32(64)17-15-31)59-48(73)35-25-33(65)27-62(35)51(76)40(30(4)63)57-47(34)72/h14-17,28-30,33-38,40-46,55,63-68,70-71H,5-13,18-27,53-54H2,1-4H3,(H,56,69)(H,57,72)(H,58,74)(H,59,73)(H,60,75)/t28?,29?,30-,33-,34+,35+,36-,37+,38-,40?,41?,42?,43+,44+,45+,46-/m1/s1. The second kappa shape index (κ2) is 31.5. The second-order valence-corrected chi connectivity index (χ2v) is 21.3. The number of aromatic hydroxyl groups is 1. The Morgan fingerprint density at radius 1 is 0.714 bits per heavy atom. The highest BCUT2D eigenvalue weighted by Gasteiger charge is 2.49. The number of amides is 7. The number of benzene rings is 1. The molecule has 77 heavy (non-hydrogen) atoms. The summed E-state index contributed by atoms with van der Waals surface area (Å²) in [6.45, 7) is 6.73. The van der Waals surface area contributed by atoms with Crippen LogP contribution in [0, 0.1) is 11.8 Å². The third kappa shape index (κ3) is 18.8. The molecule has 4 rings (SSSR count). The van der Waals surface area contributed by atoms with E-state index in [2.05, 4.69) is 52.7 Å². The Morgan fingerprint density at radius 2 is 1.34 bits per heavy atom. The van der Waals surface area contributed by atoms with E-state index in [9.17, 15) is 74.4 Å². The maximum Gasteiger partial charge on any atom is 0.248 e. The lowest BCUT2D eigenvalue weighted by Crippen LogP contribution is -2.65. The van der Waals surface area contributed by atoms with E-state index in [-0.39, 0.29) is 56.8 Å². The van der Waals surface area contributed by atoms with Crippen molar-refractivity contribution in [2.45, 2.75) is 203 Å². The second-order valence-electron chi connectivity index (χ2n) is 21.3. The molecule has 0 saturated carbocycles. The molecule has 5 unspecified atom stereocenters. The largest absolute Gasteiger partial charge is 0.508 e. The number of nitrogens with one attached hydrogen (secondary N) is 6. The van der Waals surface area contributed by atoms with Gasteiger partial charge in [-0.05, 0) is 68.7 Å². The van der Waals surface area contributed by atoms with E-state index in [1.54, 1.807) is 0 Å². The van der Waals surface area contributed by atoms with Crippen molar-refractivity contribution < 1.29 is 74.4 Å². The molecule has 3 aliphatic rings. The van der Waals surface area contributed by atoms with Gasteiger partial charge in [-0.25, -0.2) is 0 Å². The molecule has 0 radical (unpaired) electrons. The van der Waals surface area contributed by atoms with Crippen LogP contribution in [-0.2, 0) is 33.6 Å². The van der Waals surface area contributed by atoms with Crippen molar-refractivity contribution >= 4 is 41.4 Å². The monoisotopic (exact) mass is 1090 g/mol. The minimum atomic E-state index is -2.28. The number of hydrogen-bond donors (Lipinski definition) is 16. The van der Waals surface area contributed by atoms with Crippen LogP contribution in [0.3, 0.4) is 0 Å². The first kappa shape index (κ1) is 64.4. The summed E-state index contributed by atoms with van der Waals surface area (Å²) in [5.74, 6) is -6.43. The highest BCUT2D eigenvalue weighted by atomic mass is 16.3. The zero-order chi connectivity index (χ0) is 57.1. The predicted molar refractivity (Wildman–Crippen MR) is 280 cm³/mol. The van der Waals surface area contributed by atoms with Gasteiger partial charge in [0.15, 0.2) is 0 Å². The van der Waals surface area contributed by atoms with Gasteiger partial charge in [-0.3, -0.25) is 38.9 Å². The van der Waals surface area contributed by atoms with E-state index < -0.39 is 146 Å². The Balaban J connectivity index is 1.73. The lowest BCUT2D eigenvalue weighted by molar-refractivity contribution is -0.148. The van der Waals surface area contributed by atoms with Crippen molar-refractivity contribution in [3.05, 3.63) is 29.8 Å². The van der Waals surface area contributed by atoms with Gasteiger partial charge in [0.2, 0.25) is 41.4 Å². The van der Waals surface area contributed by atoms with Gasteiger partial charge in [-0.2, -0.15) is 0 Å². The molecule has 3 saturated heterocycles. The fraction of sp³-hybridized carbons (Fsp3) is 0.750. The van der Waals surface area contributed by atoms with Gasteiger partial charge < -0.3 is 88.7 Å². The number of phenolic OH excluding ortho intramolecular Hbond substituents is 1. The first-order valence-corrected chi connectivity index (χ1v) is 27.3. The summed E-state index contributed by atoms with van der Waals surface area (Å²) in [4.78, 5) is 102. The maximum atomic E-state index is 14.6. The third-order valence-electron chi connectivity index (χ3n) is 14.9. The SMILES string of the molecule is CCC(C)CC(C)CCCCCCCCC(=O)N[C@H]1C[C@@H](O)[C@H](NCCN)NC(=O)[C@@H]2[C@@H](O)CCN2C(=O)C([C@H](O)CCN)NC(=O)C([C@H](O)[C@@H](O)c2ccc(O)cc2)NC(=O)[C@@H]2C[C@@H](O)CN2C(=O)C([C@@H](C)O)NC1=O. The van der Waals surface area contributed by atoms with Gasteiger partial charge in [-0.15, -0.1) is 0 Å². The normalized spacial score (nSPS) is 28.6. The fourth-order valence-electron chi connectivity index (χ4n) is 10.2. The van der Waals surface area contributed by atoms with Gasteiger partial charge in [0, 0.05) is 45.4 Å². The van der Waals surface area contributed by atoms with Gasteiger partial charge in [-0.1, -0.05) is 77.8 Å². The van der Waals surface area contributed by atoms with E-state index in [1.807, 2.05) is 0 Å². The van der Waals surface area contributed by atoms with Crippen molar-refractivity contribution in [2.75, 3.05) is 32.7 Å². The number of rotatable bonds is 23. The molecule has 0 aliphatic carbocycles. The summed E-state index contributed by atoms with van der Waals surface area (Å²) in [6, 6.07) is -6.40. The number of carbonyl (C=O) groups excluding carboxylic acids is 7. The molecule has 18 N–H and O–H groups in total. The van der Waals surface area contributed by atoms with Crippen LogP contribution >= 0.6 is 0 Å². The molecule has 1 aromatic rings. The predicted octanol–water partition coefficient (Wildman–Crippen LogP) is -3.31. The number of aliphatic hydroxyl groups is 7. The number of fused-ring (bicyclic) bond motifs is 2. The average molecular weight is 1090 g/mol. The summed E-state index contributed by atoms with van der Waals surface area (Å²) in [5, 5.41) is 104. The number of carbonyl (C=O) groups is 7. The Morgan fingerprint density at radius 3 is 1.97 bits per heavy atom. The van der Waals surface area contributed by atoms with Crippen LogP contribution in [0.2, 0.25) is 0 Å². The van der Waals surface area contributed by atoms with Crippen molar-refractivity contribution in [3.8, 4) is 5.75 Å². The van der Waals surface area contributed by atoms with Gasteiger partial charge >= 0.3 is 0 Å². The molecule has 0 aromatic heterocycles. The molecule has 0 spiro atoms. The van der Waals surface area contributed by atoms with E-state index in [4.69, 9.17) is 11.5 Å². The summed E-state index contributed by atoms with van der Waals surface area (Å²) in [6.07, 6.45) is -6.95. The molecular weight excluding hydrogens is 1000 g/mol.